The molecule has 0 saturated carbocycles. The van der Waals surface area contributed by atoms with Gasteiger partial charge in [-0.25, -0.2) is 0 Å². The predicted molar refractivity (Wildman–Crippen MR) is 94.4 cm³/mol. The maximum absolute atomic E-state index is 12.3. The van der Waals surface area contributed by atoms with E-state index in [2.05, 4.69) is 4.98 Å². The first-order chi connectivity index (χ1) is 12.8. The van der Waals surface area contributed by atoms with Crippen LogP contribution in [0.25, 0.3) is 0 Å². The second kappa shape index (κ2) is 7.58. The van der Waals surface area contributed by atoms with E-state index in [1.165, 1.54) is 17.8 Å². The van der Waals surface area contributed by atoms with Crippen LogP contribution in [0.15, 0.2) is 42.6 Å². The molecule has 2 aromatic rings. The number of nitrogens with two attached hydrogens (primary N) is 1. The van der Waals surface area contributed by atoms with Crippen molar-refractivity contribution in [3.8, 4) is 5.75 Å². The van der Waals surface area contributed by atoms with E-state index < -0.39 is 12.8 Å². The predicted octanol–water partition coefficient (Wildman–Crippen LogP) is 3.96. The number of hydrogen-bond donors (Lipinski definition) is 1. The lowest BCUT2D eigenvalue weighted by Gasteiger charge is -2.35. The Labute approximate surface area is 155 Å². The minimum atomic E-state index is -4.40. The molecule has 1 aromatic carbocycles. The highest BCUT2D eigenvalue weighted by Gasteiger charge is 2.37. The Morgan fingerprint density at radius 3 is 2.67 bits per heavy atom. The smallest absolute Gasteiger partial charge is 0.422 e. The van der Waals surface area contributed by atoms with Crippen LogP contribution < -0.4 is 10.5 Å². The van der Waals surface area contributed by atoms with Crippen LogP contribution in [0, 0.1) is 5.92 Å². The summed E-state index contributed by atoms with van der Waals surface area (Å²) in [6.45, 7) is 0.602. The van der Waals surface area contributed by atoms with Crippen molar-refractivity contribution in [2.24, 2.45) is 11.7 Å². The van der Waals surface area contributed by atoms with Crippen LogP contribution in [0.5, 0.6) is 5.75 Å². The molecular formula is C20H21F3N2O2. The average molecular weight is 378 g/mol. The molecular weight excluding hydrogens is 357 g/mol. The zero-order valence-electron chi connectivity index (χ0n) is 14.9. The highest BCUT2D eigenvalue weighted by atomic mass is 19.4. The van der Waals surface area contributed by atoms with Crippen molar-refractivity contribution in [3.63, 3.8) is 0 Å². The van der Waals surface area contributed by atoms with E-state index in [1.807, 2.05) is 31.2 Å². The molecule has 2 unspecified atom stereocenters. The number of pyridine rings is 1. The largest absolute Gasteiger partial charge is 0.483 e. The molecule has 3 atom stereocenters. The normalized spacial score (nSPS) is 20.6. The van der Waals surface area contributed by atoms with Gasteiger partial charge in [0.05, 0.1) is 6.20 Å². The Balaban J connectivity index is 1.84. The topological polar surface area (TPSA) is 65.2 Å². The fraction of sp³-hybridized carbons (Fsp3) is 0.400. The Kier molecular flexibility index (Phi) is 5.39. The summed E-state index contributed by atoms with van der Waals surface area (Å²) in [5, 5.41) is 0. The number of carbonyl (C=O) groups excluding carboxylic acids is 1. The highest BCUT2D eigenvalue weighted by Crippen LogP contribution is 2.44. The molecule has 1 aromatic heterocycles. The summed E-state index contributed by atoms with van der Waals surface area (Å²) in [7, 11) is 0. The summed E-state index contributed by atoms with van der Waals surface area (Å²) in [6.07, 6.45) is -1.64. The van der Waals surface area contributed by atoms with Crippen LogP contribution in [0.1, 0.15) is 42.0 Å². The number of nitrogens with zero attached hydrogens (tertiary/aromatic N) is 1. The van der Waals surface area contributed by atoms with E-state index in [1.54, 1.807) is 6.07 Å². The molecule has 1 aliphatic carbocycles. The zero-order chi connectivity index (χ0) is 19.6. The quantitative estimate of drug-likeness (QED) is 0.857. The Bertz CT molecular complexity index is 806. The van der Waals surface area contributed by atoms with Gasteiger partial charge in [-0.2, -0.15) is 13.2 Å². The molecule has 3 rings (SSSR count). The van der Waals surface area contributed by atoms with E-state index in [9.17, 15) is 18.0 Å². The minimum absolute atomic E-state index is 0.0544. The highest BCUT2D eigenvalue weighted by molar-refractivity contribution is 5.78. The first-order valence-corrected chi connectivity index (χ1v) is 8.79. The van der Waals surface area contributed by atoms with Gasteiger partial charge in [0.25, 0.3) is 0 Å². The number of carbonyl (C=O) groups is 1. The molecule has 4 nitrogen and oxygen atoms in total. The lowest BCUT2D eigenvalue weighted by molar-refractivity contribution is -0.153. The van der Waals surface area contributed by atoms with Gasteiger partial charge in [-0.1, -0.05) is 31.2 Å². The molecule has 7 heteroatoms. The van der Waals surface area contributed by atoms with Gasteiger partial charge in [0.1, 0.15) is 5.75 Å². The Morgan fingerprint density at radius 2 is 2.04 bits per heavy atom. The maximum atomic E-state index is 12.3. The molecule has 1 heterocycles. The molecule has 27 heavy (non-hydrogen) atoms. The van der Waals surface area contributed by atoms with Crippen LogP contribution >= 0.6 is 0 Å². The number of aromatic nitrogens is 1. The number of halogens is 3. The fourth-order valence-corrected chi connectivity index (χ4v) is 3.83. The monoisotopic (exact) mass is 378 g/mol. The Hall–Kier alpha value is -2.57. The van der Waals surface area contributed by atoms with Crippen molar-refractivity contribution in [1.29, 1.82) is 0 Å². The zero-order valence-corrected chi connectivity index (χ0v) is 14.9. The third-order valence-corrected chi connectivity index (χ3v) is 5.10. The molecule has 0 saturated heterocycles. The first-order valence-electron chi connectivity index (χ1n) is 8.79. The van der Waals surface area contributed by atoms with Crippen LogP contribution in [0.3, 0.4) is 0 Å². The van der Waals surface area contributed by atoms with Crippen LogP contribution in [0.2, 0.25) is 0 Å². The van der Waals surface area contributed by atoms with Crippen LogP contribution in [-0.4, -0.2) is 23.7 Å². The van der Waals surface area contributed by atoms with Gasteiger partial charge >= 0.3 is 6.18 Å². The van der Waals surface area contributed by atoms with Gasteiger partial charge in [0, 0.05) is 23.4 Å². The van der Waals surface area contributed by atoms with Gasteiger partial charge in [-0.05, 0) is 36.1 Å². The minimum Gasteiger partial charge on any atom is -0.483 e. The number of benzene rings is 1. The van der Waals surface area contributed by atoms with E-state index in [0.29, 0.717) is 12.1 Å². The van der Waals surface area contributed by atoms with Crippen molar-refractivity contribution >= 4 is 5.91 Å². The van der Waals surface area contributed by atoms with Crippen molar-refractivity contribution < 1.29 is 22.7 Å². The van der Waals surface area contributed by atoms with E-state index >= 15 is 0 Å². The lowest BCUT2D eigenvalue weighted by Crippen LogP contribution is -2.35. The average Bonchev–Trinajstić information content (AvgIpc) is 2.64. The second-order valence-corrected chi connectivity index (χ2v) is 6.88. The van der Waals surface area contributed by atoms with Gasteiger partial charge in [0.15, 0.2) is 6.61 Å². The number of rotatable bonds is 5. The van der Waals surface area contributed by atoms with Crippen molar-refractivity contribution in [2.75, 3.05) is 6.61 Å². The SMILES string of the molecule is C[C@@H](c1ccc(OCC(F)(F)F)cn1)C1c2ccccc2CCC1C(N)=O. The number of alkyl halides is 3. The molecule has 1 aliphatic rings. The molecule has 144 valence electrons. The molecule has 0 aliphatic heterocycles. The molecule has 1 amide bonds. The van der Waals surface area contributed by atoms with Crippen LogP contribution in [-0.2, 0) is 11.2 Å². The fourth-order valence-electron chi connectivity index (χ4n) is 3.83. The van der Waals surface area contributed by atoms with Gasteiger partial charge in [0.2, 0.25) is 5.91 Å². The number of primary amides is 1. The van der Waals surface area contributed by atoms with Crippen LogP contribution in [0.4, 0.5) is 13.2 Å². The molecule has 0 bridgehead atoms. The number of amides is 1. The standard InChI is InChI=1S/C20H21F3N2O2/c1-12(17-9-7-14(10-25-17)27-11-20(21,22)23)18-15-5-3-2-4-13(15)6-8-16(18)19(24)26/h2-5,7,9-10,12,16,18H,6,8,11H2,1H3,(H2,24,26)/t12-,16?,18?/m0/s1. The van der Waals surface area contributed by atoms with Gasteiger partial charge < -0.3 is 10.5 Å². The van der Waals surface area contributed by atoms with E-state index in [4.69, 9.17) is 10.5 Å². The molecule has 0 radical (unpaired) electrons. The summed E-state index contributed by atoms with van der Waals surface area (Å²) in [5.41, 5.74) is 8.61. The lowest BCUT2D eigenvalue weighted by atomic mass is 9.68. The Morgan fingerprint density at radius 1 is 1.30 bits per heavy atom. The molecule has 0 spiro atoms. The van der Waals surface area contributed by atoms with Crippen molar-refractivity contribution in [2.45, 2.75) is 37.8 Å². The summed E-state index contributed by atoms with van der Waals surface area (Å²) >= 11 is 0. The summed E-state index contributed by atoms with van der Waals surface area (Å²) in [6, 6.07) is 11.1. The third-order valence-electron chi connectivity index (χ3n) is 5.10. The third kappa shape index (κ3) is 4.40. The van der Waals surface area contributed by atoms with Crippen molar-refractivity contribution in [3.05, 3.63) is 59.4 Å². The summed E-state index contributed by atoms with van der Waals surface area (Å²) < 4.78 is 41.5. The van der Waals surface area contributed by atoms with E-state index in [0.717, 1.165) is 12.0 Å². The number of aryl methyl sites for hydroxylation is 1. The number of fused-ring (bicyclic) bond motifs is 1. The first kappa shape index (κ1) is 19.2. The van der Waals surface area contributed by atoms with Crippen molar-refractivity contribution in [1.82, 2.24) is 4.98 Å². The second-order valence-electron chi connectivity index (χ2n) is 6.88. The summed E-state index contributed by atoms with van der Waals surface area (Å²) in [4.78, 5) is 16.3. The molecule has 2 N–H and O–H groups in total. The van der Waals surface area contributed by atoms with Gasteiger partial charge in [-0.15, -0.1) is 0 Å². The van der Waals surface area contributed by atoms with Gasteiger partial charge in [-0.3, -0.25) is 9.78 Å². The maximum Gasteiger partial charge on any atom is 0.422 e. The van der Waals surface area contributed by atoms with E-state index in [-0.39, 0.29) is 29.4 Å². The summed E-state index contributed by atoms with van der Waals surface area (Å²) in [5.74, 6) is -0.842. The number of ether oxygens (including phenoxy) is 1. The number of hydrogen-bond acceptors (Lipinski definition) is 3. The molecule has 0 fully saturated rings.